The molecule has 4 N–H and O–H groups in total. The highest BCUT2D eigenvalue weighted by molar-refractivity contribution is 5.94. The second-order valence-electron chi connectivity index (χ2n) is 5.83. The Labute approximate surface area is 144 Å². The molecule has 3 rings (SSSR count). The minimum atomic E-state index is -0.380. The summed E-state index contributed by atoms with van der Waals surface area (Å²) in [5.74, 6) is -0.861. The van der Waals surface area contributed by atoms with Gasteiger partial charge in [-0.15, -0.1) is 0 Å². The Morgan fingerprint density at radius 1 is 1.12 bits per heavy atom. The molecule has 2 amide bonds. The molecule has 1 aromatic heterocycles. The summed E-state index contributed by atoms with van der Waals surface area (Å²) in [5.41, 5.74) is 2.77. The summed E-state index contributed by atoms with van der Waals surface area (Å²) in [7, 11) is 0. The molecule has 0 radical (unpaired) electrons. The van der Waals surface area contributed by atoms with E-state index in [2.05, 4.69) is 26.1 Å². The van der Waals surface area contributed by atoms with Crippen LogP contribution in [-0.4, -0.2) is 41.6 Å². The molecule has 0 saturated heterocycles. The van der Waals surface area contributed by atoms with Crippen molar-refractivity contribution in [1.82, 2.24) is 26.1 Å². The molecular weight excluding hydrogens is 325 g/mol. The number of amides is 2. The number of carbonyl (C=O) groups is 2. The Morgan fingerprint density at radius 2 is 1.84 bits per heavy atom. The first-order valence-electron chi connectivity index (χ1n) is 8.24. The predicted molar refractivity (Wildman–Crippen MR) is 89.7 cm³/mol. The second-order valence-corrected chi connectivity index (χ2v) is 5.83. The van der Waals surface area contributed by atoms with E-state index in [1.54, 1.807) is 0 Å². The zero-order valence-electron chi connectivity index (χ0n) is 13.7. The van der Waals surface area contributed by atoms with Crippen LogP contribution in [0.5, 0.6) is 0 Å². The van der Waals surface area contributed by atoms with Gasteiger partial charge in [0.05, 0.1) is 0 Å². The number of fused-ring (bicyclic) bond motifs is 1. The average molecular weight is 345 g/mol. The van der Waals surface area contributed by atoms with Gasteiger partial charge in [0.15, 0.2) is 5.69 Å². The van der Waals surface area contributed by atoms with Crippen molar-refractivity contribution < 1.29 is 14.0 Å². The van der Waals surface area contributed by atoms with Crippen molar-refractivity contribution >= 4 is 11.8 Å². The van der Waals surface area contributed by atoms with Gasteiger partial charge >= 0.3 is 0 Å². The zero-order chi connectivity index (χ0) is 17.6. The molecule has 1 aliphatic heterocycles. The number of benzene rings is 1. The summed E-state index contributed by atoms with van der Waals surface area (Å²) < 4.78 is 12.8. The summed E-state index contributed by atoms with van der Waals surface area (Å²) in [6.45, 7) is 2.36. The summed E-state index contributed by atoms with van der Waals surface area (Å²) in [6, 6.07) is 5.35. The lowest BCUT2D eigenvalue weighted by Crippen LogP contribution is -2.31. The number of carbonyl (C=O) groups excluding carboxylic acids is 2. The van der Waals surface area contributed by atoms with Crippen LogP contribution < -0.4 is 16.0 Å². The van der Waals surface area contributed by atoms with Gasteiger partial charge in [0, 0.05) is 49.4 Å². The average Bonchev–Trinajstić information content (AvgIpc) is 3.06. The van der Waals surface area contributed by atoms with Gasteiger partial charge in [-0.05, 0) is 30.7 Å². The molecular formula is C17H20FN5O2. The van der Waals surface area contributed by atoms with Gasteiger partial charge in [0.1, 0.15) is 5.82 Å². The van der Waals surface area contributed by atoms with E-state index in [1.165, 1.54) is 24.3 Å². The lowest BCUT2D eigenvalue weighted by molar-refractivity contribution is 0.0947. The van der Waals surface area contributed by atoms with Gasteiger partial charge in [0.25, 0.3) is 11.8 Å². The minimum Gasteiger partial charge on any atom is -0.352 e. The zero-order valence-corrected chi connectivity index (χ0v) is 13.7. The maximum atomic E-state index is 12.8. The number of hydrogen-bond acceptors (Lipinski definition) is 4. The number of H-pyrrole nitrogens is 1. The van der Waals surface area contributed by atoms with E-state index in [-0.39, 0.29) is 17.6 Å². The number of aromatic amines is 1. The van der Waals surface area contributed by atoms with Crippen LogP contribution in [0.1, 0.15) is 38.5 Å². The Balaban J connectivity index is 1.40. The van der Waals surface area contributed by atoms with Gasteiger partial charge in [-0.25, -0.2) is 4.39 Å². The van der Waals surface area contributed by atoms with Crippen LogP contribution in [0.25, 0.3) is 0 Å². The predicted octanol–water partition coefficient (Wildman–Crippen LogP) is 0.744. The molecule has 0 unspecified atom stereocenters. The largest absolute Gasteiger partial charge is 0.352 e. The molecule has 2 heterocycles. The molecule has 132 valence electrons. The number of rotatable bonds is 6. The Morgan fingerprint density at radius 3 is 2.60 bits per heavy atom. The molecule has 1 aromatic carbocycles. The second kappa shape index (κ2) is 7.89. The standard InChI is InChI=1S/C17H20FN5O2/c18-12-4-2-11(3-5-12)16(24)20-7-1-8-21-17(25)15-13-10-19-9-6-14(13)22-23-15/h2-5,19H,1,6-10H2,(H,20,24)(H,21,25)(H,22,23). The minimum absolute atomic E-state index is 0.217. The summed E-state index contributed by atoms with van der Waals surface area (Å²) in [6.07, 6.45) is 1.43. The van der Waals surface area contributed by atoms with E-state index in [4.69, 9.17) is 0 Å². The van der Waals surface area contributed by atoms with E-state index in [0.717, 1.165) is 24.2 Å². The molecule has 7 nitrogen and oxygen atoms in total. The summed E-state index contributed by atoms with van der Waals surface area (Å²) >= 11 is 0. The Hall–Kier alpha value is -2.74. The highest BCUT2D eigenvalue weighted by Gasteiger charge is 2.21. The SMILES string of the molecule is O=C(NCCCNC(=O)c1n[nH]c2c1CNCC2)c1ccc(F)cc1. The molecule has 0 aliphatic carbocycles. The lowest BCUT2D eigenvalue weighted by Gasteiger charge is -2.12. The normalized spacial score (nSPS) is 13.2. The molecule has 25 heavy (non-hydrogen) atoms. The van der Waals surface area contributed by atoms with Crippen LogP contribution >= 0.6 is 0 Å². The Kier molecular flexibility index (Phi) is 5.39. The van der Waals surface area contributed by atoms with Gasteiger partial charge in [-0.3, -0.25) is 14.7 Å². The molecule has 2 aromatic rings. The molecule has 8 heteroatoms. The maximum absolute atomic E-state index is 12.8. The van der Waals surface area contributed by atoms with E-state index < -0.39 is 0 Å². The highest BCUT2D eigenvalue weighted by atomic mass is 19.1. The fraction of sp³-hybridized carbons (Fsp3) is 0.353. The highest BCUT2D eigenvalue weighted by Crippen LogP contribution is 2.14. The topological polar surface area (TPSA) is 98.9 Å². The molecule has 0 fully saturated rings. The van der Waals surface area contributed by atoms with E-state index in [1.807, 2.05) is 0 Å². The van der Waals surface area contributed by atoms with Crippen molar-refractivity contribution in [2.75, 3.05) is 19.6 Å². The monoisotopic (exact) mass is 345 g/mol. The lowest BCUT2D eigenvalue weighted by atomic mass is 10.1. The summed E-state index contributed by atoms with van der Waals surface area (Å²) in [4.78, 5) is 24.0. The van der Waals surface area contributed by atoms with Crippen LogP contribution in [0.2, 0.25) is 0 Å². The van der Waals surface area contributed by atoms with Crippen molar-refractivity contribution in [2.45, 2.75) is 19.4 Å². The van der Waals surface area contributed by atoms with E-state index >= 15 is 0 Å². The van der Waals surface area contributed by atoms with Crippen LogP contribution in [-0.2, 0) is 13.0 Å². The van der Waals surface area contributed by atoms with Crippen molar-refractivity contribution in [1.29, 1.82) is 0 Å². The molecule has 0 saturated carbocycles. The van der Waals surface area contributed by atoms with Crippen LogP contribution in [0.3, 0.4) is 0 Å². The number of nitrogens with one attached hydrogen (secondary N) is 4. The molecule has 0 atom stereocenters. The first-order chi connectivity index (χ1) is 12.1. The van der Waals surface area contributed by atoms with Gasteiger partial charge in [-0.1, -0.05) is 0 Å². The smallest absolute Gasteiger partial charge is 0.272 e. The third-order valence-electron chi connectivity index (χ3n) is 4.05. The van der Waals surface area contributed by atoms with Gasteiger partial charge in [0.2, 0.25) is 0 Å². The summed E-state index contributed by atoms with van der Waals surface area (Å²) in [5, 5.41) is 15.8. The van der Waals surface area contributed by atoms with Crippen LogP contribution in [0.4, 0.5) is 4.39 Å². The quantitative estimate of drug-likeness (QED) is 0.581. The van der Waals surface area contributed by atoms with Crippen LogP contribution in [0.15, 0.2) is 24.3 Å². The van der Waals surface area contributed by atoms with Gasteiger partial charge < -0.3 is 16.0 Å². The fourth-order valence-electron chi connectivity index (χ4n) is 2.69. The number of halogens is 1. The number of nitrogens with zero attached hydrogens (tertiary/aromatic N) is 1. The molecule has 1 aliphatic rings. The Bertz CT molecular complexity index is 757. The first-order valence-corrected chi connectivity index (χ1v) is 8.24. The van der Waals surface area contributed by atoms with Crippen LogP contribution in [0, 0.1) is 5.82 Å². The van der Waals surface area contributed by atoms with Crippen molar-refractivity contribution in [3.8, 4) is 0 Å². The van der Waals surface area contributed by atoms with E-state index in [9.17, 15) is 14.0 Å². The fourth-order valence-corrected chi connectivity index (χ4v) is 2.69. The van der Waals surface area contributed by atoms with Crippen molar-refractivity contribution in [3.63, 3.8) is 0 Å². The first kappa shape index (κ1) is 17.1. The number of hydrogen-bond donors (Lipinski definition) is 4. The number of aromatic nitrogens is 2. The van der Waals surface area contributed by atoms with Gasteiger partial charge in [-0.2, -0.15) is 5.10 Å². The molecule has 0 spiro atoms. The van der Waals surface area contributed by atoms with Crippen molar-refractivity contribution in [3.05, 3.63) is 52.6 Å². The maximum Gasteiger partial charge on any atom is 0.272 e. The van der Waals surface area contributed by atoms with Crippen molar-refractivity contribution in [2.24, 2.45) is 0 Å². The van der Waals surface area contributed by atoms with E-state index in [0.29, 0.717) is 37.3 Å². The third-order valence-corrected chi connectivity index (χ3v) is 4.05. The third kappa shape index (κ3) is 4.21. The molecule has 0 bridgehead atoms.